The van der Waals surface area contributed by atoms with Crippen LogP contribution in [0.4, 0.5) is 0 Å². The highest BCUT2D eigenvalue weighted by Gasteiger charge is 2.35. The summed E-state index contributed by atoms with van der Waals surface area (Å²) in [7, 11) is 0. The van der Waals surface area contributed by atoms with Gasteiger partial charge in [-0.1, -0.05) is 0 Å². The van der Waals surface area contributed by atoms with E-state index in [4.69, 9.17) is 10.5 Å². The lowest BCUT2D eigenvalue weighted by Crippen LogP contribution is -2.52. The number of carbonyl (C=O) groups excluding carboxylic acids is 1. The Labute approximate surface area is 107 Å². The predicted molar refractivity (Wildman–Crippen MR) is 67.7 cm³/mol. The lowest BCUT2D eigenvalue weighted by atomic mass is 9.85. The van der Waals surface area contributed by atoms with Gasteiger partial charge in [0.05, 0.1) is 5.54 Å². The van der Waals surface area contributed by atoms with E-state index < -0.39 is 5.54 Å². The lowest BCUT2D eigenvalue weighted by molar-refractivity contribution is -0.126. The topological polar surface area (TPSA) is 52.3 Å². The number of rotatable bonds is 3. The standard InChI is InChI=1S/C11H14BrNO2S/c12-8-5-9(16-7-8)6-10(14)11(13)1-3-15-4-2-11/h5,7H,1-4,6,13H2. The van der Waals surface area contributed by atoms with Crippen molar-refractivity contribution in [1.29, 1.82) is 0 Å². The number of carbonyl (C=O) groups is 1. The molecule has 1 fully saturated rings. The average Bonchev–Trinajstić information content (AvgIpc) is 2.65. The average molecular weight is 304 g/mol. The van der Waals surface area contributed by atoms with Gasteiger partial charge in [0.1, 0.15) is 0 Å². The minimum Gasteiger partial charge on any atom is -0.381 e. The van der Waals surface area contributed by atoms with Gasteiger partial charge in [-0.25, -0.2) is 0 Å². The number of ketones is 1. The Kier molecular flexibility index (Phi) is 3.79. The van der Waals surface area contributed by atoms with Gasteiger partial charge in [-0.15, -0.1) is 11.3 Å². The van der Waals surface area contributed by atoms with Crippen LogP contribution in [0.5, 0.6) is 0 Å². The number of ether oxygens (including phenoxy) is 1. The molecule has 1 aromatic rings. The first-order chi connectivity index (χ1) is 7.60. The van der Waals surface area contributed by atoms with Crippen molar-refractivity contribution in [2.24, 2.45) is 5.73 Å². The zero-order chi connectivity index (χ0) is 11.6. The van der Waals surface area contributed by atoms with Crippen molar-refractivity contribution in [3.8, 4) is 0 Å². The maximum Gasteiger partial charge on any atom is 0.157 e. The lowest BCUT2D eigenvalue weighted by Gasteiger charge is -2.31. The maximum atomic E-state index is 12.1. The molecule has 2 N–H and O–H groups in total. The molecule has 0 atom stereocenters. The van der Waals surface area contributed by atoms with Gasteiger partial charge >= 0.3 is 0 Å². The van der Waals surface area contributed by atoms with E-state index in [1.807, 2.05) is 11.4 Å². The van der Waals surface area contributed by atoms with Crippen molar-refractivity contribution in [3.63, 3.8) is 0 Å². The van der Waals surface area contributed by atoms with Gasteiger partial charge in [-0.05, 0) is 34.8 Å². The Morgan fingerprint density at radius 2 is 2.25 bits per heavy atom. The minimum atomic E-state index is -0.672. The molecule has 0 radical (unpaired) electrons. The summed E-state index contributed by atoms with van der Waals surface area (Å²) < 4.78 is 6.26. The molecule has 0 unspecified atom stereocenters. The minimum absolute atomic E-state index is 0.130. The number of thiophene rings is 1. The van der Waals surface area contributed by atoms with Crippen LogP contribution < -0.4 is 5.73 Å². The van der Waals surface area contributed by atoms with E-state index in [-0.39, 0.29) is 5.78 Å². The van der Waals surface area contributed by atoms with Gasteiger partial charge in [0.2, 0.25) is 0 Å². The van der Waals surface area contributed by atoms with E-state index in [1.54, 1.807) is 11.3 Å². The van der Waals surface area contributed by atoms with E-state index in [9.17, 15) is 4.79 Å². The maximum absolute atomic E-state index is 12.1. The van der Waals surface area contributed by atoms with E-state index >= 15 is 0 Å². The SMILES string of the molecule is NC1(C(=O)Cc2cc(Br)cs2)CCOCC1. The first-order valence-electron chi connectivity index (χ1n) is 5.23. The highest BCUT2D eigenvalue weighted by atomic mass is 79.9. The Morgan fingerprint density at radius 1 is 1.56 bits per heavy atom. The zero-order valence-corrected chi connectivity index (χ0v) is 11.3. The van der Waals surface area contributed by atoms with Crippen LogP contribution in [0.25, 0.3) is 0 Å². The van der Waals surface area contributed by atoms with Crippen LogP contribution in [0.3, 0.4) is 0 Å². The third-order valence-corrected chi connectivity index (χ3v) is 4.59. The Bertz CT molecular complexity index is 385. The van der Waals surface area contributed by atoms with Crippen molar-refractivity contribution in [2.75, 3.05) is 13.2 Å². The Morgan fingerprint density at radius 3 is 2.81 bits per heavy atom. The van der Waals surface area contributed by atoms with Gasteiger partial charge in [0.15, 0.2) is 5.78 Å². The second-order valence-electron chi connectivity index (χ2n) is 4.10. The largest absolute Gasteiger partial charge is 0.381 e. The summed E-state index contributed by atoms with van der Waals surface area (Å²) in [5.74, 6) is 0.130. The van der Waals surface area contributed by atoms with E-state index in [1.165, 1.54) is 0 Å². The summed E-state index contributed by atoms with van der Waals surface area (Å²) in [5, 5.41) is 1.98. The van der Waals surface area contributed by atoms with Crippen molar-refractivity contribution >= 4 is 33.0 Å². The summed E-state index contributed by atoms with van der Waals surface area (Å²) in [6.45, 7) is 1.19. The highest BCUT2D eigenvalue weighted by molar-refractivity contribution is 9.10. The molecule has 1 aliphatic rings. The number of Topliss-reactive ketones (excluding diaryl/α,β-unsaturated/α-hetero) is 1. The smallest absolute Gasteiger partial charge is 0.157 e. The van der Waals surface area contributed by atoms with Crippen LogP contribution in [-0.2, 0) is 16.0 Å². The first-order valence-corrected chi connectivity index (χ1v) is 6.90. The number of hydrogen-bond acceptors (Lipinski definition) is 4. The first kappa shape index (κ1) is 12.2. The number of halogens is 1. The summed E-state index contributed by atoms with van der Waals surface area (Å²) >= 11 is 4.97. The molecule has 88 valence electrons. The fourth-order valence-electron chi connectivity index (χ4n) is 1.80. The molecular weight excluding hydrogens is 290 g/mol. The van der Waals surface area contributed by atoms with Crippen LogP contribution in [0.1, 0.15) is 17.7 Å². The number of nitrogens with two attached hydrogens (primary N) is 1. The molecule has 2 rings (SSSR count). The molecule has 1 aromatic heterocycles. The molecule has 16 heavy (non-hydrogen) atoms. The molecular formula is C11H14BrNO2S. The fourth-order valence-corrected chi connectivity index (χ4v) is 3.24. The third kappa shape index (κ3) is 2.71. The normalized spacial score (nSPS) is 19.6. The second-order valence-corrected chi connectivity index (χ2v) is 6.01. The van der Waals surface area contributed by atoms with Gasteiger partial charge in [-0.3, -0.25) is 4.79 Å². The molecule has 0 aliphatic carbocycles. The molecule has 0 saturated carbocycles. The molecule has 0 amide bonds. The van der Waals surface area contributed by atoms with Crippen LogP contribution in [0.2, 0.25) is 0 Å². The number of hydrogen-bond donors (Lipinski definition) is 1. The summed E-state index contributed by atoms with van der Waals surface area (Å²) in [6, 6.07) is 1.98. The van der Waals surface area contributed by atoms with Crippen LogP contribution >= 0.6 is 27.3 Å². The molecule has 1 aliphatic heterocycles. The predicted octanol–water partition coefficient (Wildman–Crippen LogP) is 2.13. The van der Waals surface area contributed by atoms with E-state index in [0.717, 1.165) is 9.35 Å². The highest BCUT2D eigenvalue weighted by Crippen LogP contribution is 2.24. The summed E-state index contributed by atoms with van der Waals surface area (Å²) in [5.41, 5.74) is 5.45. The van der Waals surface area contributed by atoms with Crippen molar-refractivity contribution in [1.82, 2.24) is 0 Å². The Balaban J connectivity index is 2.01. The van der Waals surface area contributed by atoms with Gasteiger partial charge < -0.3 is 10.5 Å². The van der Waals surface area contributed by atoms with Crippen molar-refractivity contribution in [3.05, 3.63) is 20.8 Å². The Hall–Kier alpha value is -0.230. The van der Waals surface area contributed by atoms with Crippen molar-refractivity contribution < 1.29 is 9.53 Å². The summed E-state index contributed by atoms with van der Waals surface area (Å²) in [4.78, 5) is 13.2. The summed E-state index contributed by atoms with van der Waals surface area (Å²) in [6.07, 6.45) is 1.71. The molecule has 3 nitrogen and oxygen atoms in total. The van der Waals surface area contributed by atoms with Crippen molar-refractivity contribution in [2.45, 2.75) is 24.8 Å². The third-order valence-electron chi connectivity index (χ3n) is 2.90. The van der Waals surface area contributed by atoms with Gasteiger partial charge in [0, 0.05) is 34.4 Å². The molecule has 2 heterocycles. The van der Waals surface area contributed by atoms with Crippen LogP contribution in [0.15, 0.2) is 15.9 Å². The molecule has 1 saturated heterocycles. The van der Waals surface area contributed by atoms with Crippen LogP contribution in [0, 0.1) is 0 Å². The second kappa shape index (κ2) is 4.96. The quantitative estimate of drug-likeness (QED) is 0.931. The molecule has 5 heteroatoms. The van der Waals surface area contributed by atoms with E-state index in [2.05, 4.69) is 15.9 Å². The zero-order valence-electron chi connectivity index (χ0n) is 8.87. The molecule has 0 bridgehead atoms. The van der Waals surface area contributed by atoms with E-state index in [0.29, 0.717) is 32.5 Å². The van der Waals surface area contributed by atoms with Crippen LogP contribution in [-0.4, -0.2) is 24.5 Å². The molecule has 0 aromatic carbocycles. The monoisotopic (exact) mass is 303 g/mol. The molecule has 0 spiro atoms. The van der Waals surface area contributed by atoms with Gasteiger partial charge in [0.25, 0.3) is 0 Å². The fraction of sp³-hybridized carbons (Fsp3) is 0.545. The van der Waals surface area contributed by atoms with Gasteiger partial charge in [-0.2, -0.15) is 0 Å².